The molecule has 0 unspecified atom stereocenters. The molecule has 0 saturated carbocycles. The zero-order chi connectivity index (χ0) is 26.4. The zero-order valence-electron chi connectivity index (χ0n) is 20.2. The van der Waals surface area contributed by atoms with Gasteiger partial charge < -0.3 is 21.5 Å². The molecule has 1 aromatic heterocycles. The standard InChI is InChI=1S/C25H28FN5O4S/c1-14(2)12-13-29-24(33)21(15-4-10-18(35-3)11-5-15)31(17-8-6-16(26)7-9-17)25(34)22-19(27)20(23(28)32)30-36-22/h4-11,14,21H,12-13,27H2,1-3H3,(H2,28,32)(H,29,33)/t21-/m1/s1. The van der Waals surface area contributed by atoms with E-state index in [4.69, 9.17) is 16.2 Å². The molecule has 3 rings (SSSR count). The molecule has 3 amide bonds. The highest BCUT2D eigenvalue weighted by atomic mass is 32.1. The van der Waals surface area contributed by atoms with E-state index in [1.807, 2.05) is 13.8 Å². The van der Waals surface area contributed by atoms with E-state index in [-0.39, 0.29) is 21.9 Å². The number of carbonyl (C=O) groups is 3. The van der Waals surface area contributed by atoms with Gasteiger partial charge in [0.25, 0.3) is 11.8 Å². The van der Waals surface area contributed by atoms with Gasteiger partial charge >= 0.3 is 0 Å². The Labute approximate surface area is 212 Å². The van der Waals surface area contributed by atoms with E-state index in [9.17, 15) is 18.8 Å². The van der Waals surface area contributed by atoms with Crippen LogP contribution in [0.4, 0.5) is 15.8 Å². The van der Waals surface area contributed by atoms with Crippen molar-refractivity contribution in [3.05, 3.63) is 70.5 Å². The summed E-state index contributed by atoms with van der Waals surface area (Å²) in [5.74, 6) is -1.62. The van der Waals surface area contributed by atoms with Crippen molar-refractivity contribution in [3.8, 4) is 5.75 Å². The molecular formula is C25H28FN5O4S. The lowest BCUT2D eigenvalue weighted by molar-refractivity contribution is -0.122. The molecule has 0 saturated heterocycles. The van der Waals surface area contributed by atoms with Gasteiger partial charge in [-0.05, 0) is 65.8 Å². The van der Waals surface area contributed by atoms with Gasteiger partial charge in [0, 0.05) is 12.2 Å². The fourth-order valence-electron chi connectivity index (χ4n) is 3.51. The maximum atomic E-state index is 13.9. The number of nitrogens with two attached hydrogens (primary N) is 2. The number of benzene rings is 2. The van der Waals surface area contributed by atoms with Crippen molar-refractivity contribution in [2.24, 2.45) is 11.7 Å². The molecule has 0 aliphatic heterocycles. The molecule has 5 N–H and O–H groups in total. The number of carbonyl (C=O) groups excluding carboxylic acids is 3. The highest BCUT2D eigenvalue weighted by molar-refractivity contribution is 7.09. The van der Waals surface area contributed by atoms with E-state index in [0.717, 1.165) is 6.42 Å². The molecular weight excluding hydrogens is 485 g/mol. The number of rotatable bonds is 10. The molecule has 0 fully saturated rings. The maximum Gasteiger partial charge on any atom is 0.273 e. The van der Waals surface area contributed by atoms with Crippen LogP contribution in [0.2, 0.25) is 0 Å². The van der Waals surface area contributed by atoms with Crippen LogP contribution in [0.25, 0.3) is 0 Å². The number of nitrogen functional groups attached to an aromatic ring is 1. The monoisotopic (exact) mass is 513 g/mol. The Kier molecular flexibility index (Phi) is 8.59. The van der Waals surface area contributed by atoms with Crippen molar-refractivity contribution < 1.29 is 23.5 Å². The van der Waals surface area contributed by atoms with Crippen molar-refractivity contribution in [2.75, 3.05) is 24.3 Å². The lowest BCUT2D eigenvalue weighted by Gasteiger charge is -2.31. The second-order valence-corrected chi connectivity index (χ2v) is 9.21. The number of primary amides is 1. The lowest BCUT2D eigenvalue weighted by Crippen LogP contribution is -2.44. The van der Waals surface area contributed by atoms with Gasteiger partial charge in [-0.2, -0.15) is 4.37 Å². The SMILES string of the molecule is COc1ccc([C@H](C(=O)NCCC(C)C)N(C(=O)c2snc(C(N)=O)c2N)c2ccc(F)cc2)cc1. The summed E-state index contributed by atoms with van der Waals surface area (Å²) in [5.41, 5.74) is 11.7. The minimum Gasteiger partial charge on any atom is -0.497 e. The fourth-order valence-corrected chi connectivity index (χ4v) is 4.25. The van der Waals surface area contributed by atoms with E-state index in [1.54, 1.807) is 24.3 Å². The Balaban J connectivity index is 2.15. The van der Waals surface area contributed by atoms with Crippen LogP contribution in [0.1, 0.15) is 52.0 Å². The summed E-state index contributed by atoms with van der Waals surface area (Å²) in [6.45, 7) is 4.46. The number of methoxy groups -OCH3 is 1. The number of nitrogens with zero attached hydrogens (tertiary/aromatic N) is 2. The summed E-state index contributed by atoms with van der Waals surface area (Å²) in [6, 6.07) is 10.7. The van der Waals surface area contributed by atoms with E-state index in [0.29, 0.717) is 35.3 Å². The Morgan fingerprint density at radius 1 is 1.11 bits per heavy atom. The van der Waals surface area contributed by atoms with Crippen LogP contribution in [0.3, 0.4) is 0 Å². The van der Waals surface area contributed by atoms with Crippen LogP contribution in [-0.4, -0.2) is 35.7 Å². The van der Waals surface area contributed by atoms with Crippen LogP contribution in [0.5, 0.6) is 5.75 Å². The minimum absolute atomic E-state index is 0.0679. The first kappa shape index (κ1) is 26.6. The zero-order valence-corrected chi connectivity index (χ0v) is 21.0. The summed E-state index contributed by atoms with van der Waals surface area (Å²) in [6.07, 6.45) is 0.731. The van der Waals surface area contributed by atoms with Crippen LogP contribution < -0.4 is 26.4 Å². The fraction of sp³-hybridized carbons (Fsp3) is 0.280. The van der Waals surface area contributed by atoms with Gasteiger partial charge in [0.2, 0.25) is 5.91 Å². The summed E-state index contributed by atoms with van der Waals surface area (Å²) in [7, 11) is 1.52. The number of hydrogen-bond acceptors (Lipinski definition) is 7. The summed E-state index contributed by atoms with van der Waals surface area (Å²) < 4.78 is 22.9. The molecule has 11 heteroatoms. The molecule has 190 valence electrons. The summed E-state index contributed by atoms with van der Waals surface area (Å²) in [4.78, 5) is 40.3. The summed E-state index contributed by atoms with van der Waals surface area (Å²) in [5, 5.41) is 2.89. The highest BCUT2D eigenvalue weighted by Crippen LogP contribution is 2.33. The maximum absolute atomic E-state index is 13.9. The molecule has 3 aromatic rings. The van der Waals surface area contributed by atoms with E-state index in [1.165, 1.54) is 36.3 Å². The van der Waals surface area contributed by atoms with Crippen molar-refractivity contribution in [1.29, 1.82) is 0 Å². The van der Waals surface area contributed by atoms with Gasteiger partial charge in [0.1, 0.15) is 22.5 Å². The Bertz CT molecular complexity index is 1230. The predicted molar refractivity (Wildman–Crippen MR) is 136 cm³/mol. The normalized spacial score (nSPS) is 11.7. The van der Waals surface area contributed by atoms with Gasteiger partial charge in [0.05, 0.1) is 12.8 Å². The molecule has 9 nitrogen and oxygen atoms in total. The number of halogens is 1. The molecule has 1 atom stereocenters. The van der Waals surface area contributed by atoms with Crippen LogP contribution in [0.15, 0.2) is 48.5 Å². The molecule has 2 aromatic carbocycles. The molecule has 1 heterocycles. The number of nitrogens with one attached hydrogen (secondary N) is 1. The van der Waals surface area contributed by atoms with E-state index in [2.05, 4.69) is 9.69 Å². The van der Waals surface area contributed by atoms with E-state index >= 15 is 0 Å². The van der Waals surface area contributed by atoms with Crippen molar-refractivity contribution in [3.63, 3.8) is 0 Å². The number of aromatic nitrogens is 1. The number of ether oxygens (including phenoxy) is 1. The average Bonchev–Trinajstić information content (AvgIpc) is 3.24. The molecule has 0 bridgehead atoms. The number of anilines is 2. The van der Waals surface area contributed by atoms with Gasteiger partial charge in [-0.15, -0.1) is 0 Å². The average molecular weight is 514 g/mol. The number of amides is 3. The quantitative estimate of drug-likeness (QED) is 0.379. The number of hydrogen-bond donors (Lipinski definition) is 3. The van der Waals surface area contributed by atoms with Gasteiger partial charge in [0.15, 0.2) is 5.69 Å². The first-order valence-corrected chi connectivity index (χ1v) is 12.0. The van der Waals surface area contributed by atoms with E-state index < -0.39 is 29.6 Å². The first-order chi connectivity index (χ1) is 17.1. The Morgan fingerprint density at radius 2 is 1.75 bits per heavy atom. The molecule has 0 aliphatic rings. The topological polar surface area (TPSA) is 141 Å². The van der Waals surface area contributed by atoms with Crippen LogP contribution in [0, 0.1) is 11.7 Å². The van der Waals surface area contributed by atoms with Gasteiger partial charge in [-0.25, -0.2) is 4.39 Å². The van der Waals surface area contributed by atoms with Gasteiger partial charge in [-0.3, -0.25) is 19.3 Å². The third-order valence-electron chi connectivity index (χ3n) is 5.44. The smallest absolute Gasteiger partial charge is 0.273 e. The molecule has 0 radical (unpaired) electrons. The third kappa shape index (κ3) is 5.98. The van der Waals surface area contributed by atoms with Crippen LogP contribution in [-0.2, 0) is 4.79 Å². The largest absolute Gasteiger partial charge is 0.497 e. The second kappa shape index (κ2) is 11.6. The van der Waals surface area contributed by atoms with Crippen molar-refractivity contribution in [2.45, 2.75) is 26.3 Å². The Morgan fingerprint density at radius 3 is 2.28 bits per heavy atom. The van der Waals surface area contributed by atoms with Crippen molar-refractivity contribution >= 4 is 40.6 Å². The molecule has 0 aliphatic carbocycles. The predicted octanol–water partition coefficient (Wildman–Crippen LogP) is 3.52. The molecule has 36 heavy (non-hydrogen) atoms. The Hall–Kier alpha value is -3.99. The summed E-state index contributed by atoms with van der Waals surface area (Å²) >= 11 is 0.698. The van der Waals surface area contributed by atoms with Gasteiger partial charge in [-0.1, -0.05) is 26.0 Å². The lowest BCUT2D eigenvalue weighted by atomic mass is 10.0. The van der Waals surface area contributed by atoms with Crippen molar-refractivity contribution in [1.82, 2.24) is 9.69 Å². The third-order valence-corrected chi connectivity index (χ3v) is 6.29. The highest BCUT2D eigenvalue weighted by Gasteiger charge is 2.36. The first-order valence-electron chi connectivity index (χ1n) is 11.2. The van der Waals surface area contributed by atoms with Crippen LogP contribution >= 0.6 is 11.5 Å². The molecule has 0 spiro atoms. The minimum atomic E-state index is -1.15. The second-order valence-electron chi connectivity index (χ2n) is 8.44.